The van der Waals surface area contributed by atoms with Crippen LogP contribution in [0.5, 0.6) is 0 Å². The molecular formula is C14H19N3S. The van der Waals surface area contributed by atoms with Crippen molar-refractivity contribution in [2.45, 2.75) is 44.2 Å². The smallest absolute Gasteiger partial charge is 0.150 e. The average Bonchev–Trinajstić information content (AvgIpc) is 3.00. The molecule has 1 fully saturated rings. The first kappa shape index (κ1) is 11.9. The first-order valence-electron chi connectivity index (χ1n) is 6.68. The second kappa shape index (κ2) is 5.24. The second-order valence-corrected chi connectivity index (χ2v) is 5.95. The van der Waals surface area contributed by atoms with Crippen molar-refractivity contribution >= 4 is 11.3 Å². The molecule has 0 radical (unpaired) electrons. The molecule has 18 heavy (non-hydrogen) atoms. The monoisotopic (exact) mass is 261 g/mol. The maximum Gasteiger partial charge on any atom is 0.150 e. The van der Waals surface area contributed by atoms with Gasteiger partial charge in [-0.2, -0.15) is 0 Å². The first-order valence-corrected chi connectivity index (χ1v) is 7.56. The van der Waals surface area contributed by atoms with Gasteiger partial charge in [-0.05, 0) is 24.3 Å². The van der Waals surface area contributed by atoms with E-state index in [2.05, 4.69) is 33.3 Å². The van der Waals surface area contributed by atoms with E-state index >= 15 is 0 Å². The van der Waals surface area contributed by atoms with Crippen molar-refractivity contribution in [2.24, 2.45) is 5.73 Å². The van der Waals surface area contributed by atoms with Gasteiger partial charge in [0.2, 0.25) is 0 Å². The van der Waals surface area contributed by atoms with Gasteiger partial charge in [-0.25, -0.2) is 4.98 Å². The summed E-state index contributed by atoms with van der Waals surface area (Å²) >= 11 is 1.74. The normalized spacial score (nSPS) is 24.9. The minimum absolute atomic E-state index is 0.264. The maximum atomic E-state index is 6.35. The molecule has 1 aliphatic rings. The molecule has 1 saturated carbocycles. The van der Waals surface area contributed by atoms with E-state index in [1.807, 2.05) is 6.20 Å². The van der Waals surface area contributed by atoms with Crippen molar-refractivity contribution in [3.05, 3.63) is 29.9 Å². The second-order valence-electron chi connectivity index (χ2n) is 5.00. The molecule has 2 unspecified atom stereocenters. The van der Waals surface area contributed by atoms with Crippen molar-refractivity contribution in [1.29, 1.82) is 0 Å². The van der Waals surface area contributed by atoms with Crippen LogP contribution in [0.2, 0.25) is 0 Å². The third-order valence-electron chi connectivity index (χ3n) is 3.80. The van der Waals surface area contributed by atoms with Gasteiger partial charge in [-0.1, -0.05) is 25.3 Å². The summed E-state index contributed by atoms with van der Waals surface area (Å²) in [4.78, 5) is 5.75. The molecule has 0 spiro atoms. The Labute approximate surface area is 112 Å². The van der Waals surface area contributed by atoms with Crippen LogP contribution in [0.4, 0.5) is 0 Å². The zero-order valence-electron chi connectivity index (χ0n) is 10.5. The summed E-state index contributed by atoms with van der Waals surface area (Å²) in [6.07, 6.45) is 10.1. The van der Waals surface area contributed by atoms with Gasteiger partial charge in [0.25, 0.3) is 0 Å². The Morgan fingerprint density at radius 1 is 1.28 bits per heavy atom. The van der Waals surface area contributed by atoms with Crippen molar-refractivity contribution in [3.8, 4) is 10.7 Å². The molecule has 0 amide bonds. The number of aromatic nitrogens is 2. The quantitative estimate of drug-likeness (QED) is 0.842. The minimum Gasteiger partial charge on any atom is -0.326 e. The van der Waals surface area contributed by atoms with Crippen LogP contribution < -0.4 is 5.73 Å². The van der Waals surface area contributed by atoms with Gasteiger partial charge < -0.3 is 10.3 Å². The molecule has 4 heteroatoms. The highest BCUT2D eigenvalue weighted by atomic mass is 32.1. The zero-order valence-corrected chi connectivity index (χ0v) is 11.3. The number of imidazole rings is 1. The van der Waals surface area contributed by atoms with Crippen molar-refractivity contribution < 1.29 is 0 Å². The highest BCUT2D eigenvalue weighted by molar-refractivity contribution is 7.13. The molecule has 0 bridgehead atoms. The van der Waals surface area contributed by atoms with Gasteiger partial charge >= 0.3 is 0 Å². The van der Waals surface area contributed by atoms with Crippen LogP contribution in [0.15, 0.2) is 29.9 Å². The van der Waals surface area contributed by atoms with Crippen LogP contribution in [0, 0.1) is 0 Å². The Bertz CT molecular complexity index is 489. The van der Waals surface area contributed by atoms with E-state index < -0.39 is 0 Å². The van der Waals surface area contributed by atoms with E-state index in [9.17, 15) is 0 Å². The lowest BCUT2D eigenvalue weighted by Gasteiger charge is -2.24. The SMILES string of the molecule is NC1CCCCCC1n1ccnc1-c1cccs1. The predicted octanol–water partition coefficient (Wildman–Crippen LogP) is 3.44. The lowest BCUT2D eigenvalue weighted by Crippen LogP contribution is -2.31. The highest BCUT2D eigenvalue weighted by Gasteiger charge is 2.24. The Hall–Kier alpha value is -1.13. The molecule has 2 aromatic rings. The molecule has 2 aromatic heterocycles. The number of hydrogen-bond donors (Lipinski definition) is 1. The summed E-state index contributed by atoms with van der Waals surface area (Å²) in [5.41, 5.74) is 6.35. The molecule has 0 saturated heterocycles. The number of nitrogens with two attached hydrogens (primary N) is 1. The van der Waals surface area contributed by atoms with Crippen molar-refractivity contribution in [1.82, 2.24) is 9.55 Å². The Balaban J connectivity index is 1.94. The van der Waals surface area contributed by atoms with Crippen molar-refractivity contribution in [2.75, 3.05) is 0 Å². The average molecular weight is 261 g/mol. The standard InChI is InChI=1S/C14H19N3S/c15-11-5-2-1-3-6-12(11)17-9-8-16-14(17)13-7-4-10-18-13/h4,7-12H,1-3,5-6,15H2. The maximum absolute atomic E-state index is 6.35. The van der Waals surface area contributed by atoms with Gasteiger partial charge in [0.15, 0.2) is 0 Å². The largest absolute Gasteiger partial charge is 0.326 e. The fourth-order valence-corrected chi connectivity index (χ4v) is 3.56. The van der Waals surface area contributed by atoms with Crippen LogP contribution in [-0.4, -0.2) is 15.6 Å². The summed E-state index contributed by atoms with van der Waals surface area (Å²) in [5, 5.41) is 2.10. The Morgan fingerprint density at radius 2 is 2.17 bits per heavy atom. The molecule has 1 aliphatic carbocycles. The third kappa shape index (κ3) is 2.22. The van der Waals surface area contributed by atoms with E-state index in [-0.39, 0.29) is 6.04 Å². The van der Waals surface area contributed by atoms with E-state index in [4.69, 9.17) is 5.73 Å². The van der Waals surface area contributed by atoms with E-state index in [0.29, 0.717) is 6.04 Å². The number of nitrogens with zero attached hydrogens (tertiary/aromatic N) is 2. The van der Waals surface area contributed by atoms with Crippen LogP contribution in [0.25, 0.3) is 10.7 Å². The van der Waals surface area contributed by atoms with Crippen molar-refractivity contribution in [3.63, 3.8) is 0 Å². The lowest BCUT2D eigenvalue weighted by molar-refractivity contribution is 0.391. The number of rotatable bonds is 2. The van der Waals surface area contributed by atoms with Crippen LogP contribution in [0.1, 0.15) is 38.1 Å². The van der Waals surface area contributed by atoms with E-state index in [0.717, 1.165) is 12.2 Å². The number of hydrogen-bond acceptors (Lipinski definition) is 3. The topological polar surface area (TPSA) is 43.8 Å². The van der Waals surface area contributed by atoms with Crippen LogP contribution in [-0.2, 0) is 0 Å². The lowest BCUT2D eigenvalue weighted by atomic mass is 10.0. The molecule has 3 rings (SSSR count). The number of thiophene rings is 1. The van der Waals surface area contributed by atoms with Crippen LogP contribution in [0.3, 0.4) is 0 Å². The summed E-state index contributed by atoms with van der Waals surface area (Å²) in [7, 11) is 0. The molecule has 2 atom stereocenters. The van der Waals surface area contributed by atoms with Gasteiger partial charge in [-0.3, -0.25) is 0 Å². The molecule has 0 aromatic carbocycles. The third-order valence-corrected chi connectivity index (χ3v) is 4.66. The molecule has 0 aliphatic heterocycles. The van der Waals surface area contributed by atoms with E-state index in [1.165, 1.54) is 30.6 Å². The Kier molecular flexibility index (Phi) is 3.48. The van der Waals surface area contributed by atoms with E-state index in [1.54, 1.807) is 11.3 Å². The first-order chi connectivity index (χ1) is 8.86. The fourth-order valence-electron chi connectivity index (χ4n) is 2.84. The molecular weight excluding hydrogens is 242 g/mol. The fraction of sp³-hybridized carbons (Fsp3) is 0.500. The van der Waals surface area contributed by atoms with Gasteiger partial charge in [0.1, 0.15) is 5.82 Å². The summed E-state index contributed by atoms with van der Waals surface area (Å²) in [6.45, 7) is 0. The molecule has 2 N–H and O–H groups in total. The zero-order chi connectivity index (χ0) is 12.4. The predicted molar refractivity (Wildman–Crippen MR) is 75.6 cm³/mol. The highest BCUT2D eigenvalue weighted by Crippen LogP contribution is 2.31. The summed E-state index contributed by atoms with van der Waals surface area (Å²) in [6, 6.07) is 4.88. The molecule has 2 heterocycles. The molecule has 3 nitrogen and oxygen atoms in total. The minimum atomic E-state index is 0.264. The van der Waals surface area contributed by atoms with Gasteiger partial charge in [0.05, 0.1) is 10.9 Å². The van der Waals surface area contributed by atoms with Gasteiger partial charge in [0, 0.05) is 18.4 Å². The summed E-state index contributed by atoms with van der Waals surface area (Å²) < 4.78 is 2.29. The molecule has 96 valence electrons. The van der Waals surface area contributed by atoms with Gasteiger partial charge in [-0.15, -0.1) is 11.3 Å². The Morgan fingerprint density at radius 3 is 3.00 bits per heavy atom. The van der Waals surface area contributed by atoms with Crippen LogP contribution >= 0.6 is 11.3 Å². The summed E-state index contributed by atoms with van der Waals surface area (Å²) in [5.74, 6) is 1.08.